The Hall–Kier alpha value is -4.01. The highest BCUT2D eigenvalue weighted by Crippen LogP contribution is 2.36. The fourth-order valence-electron chi connectivity index (χ4n) is 4.88. The van der Waals surface area contributed by atoms with Gasteiger partial charge in [-0.25, -0.2) is 9.97 Å². The number of morpholine rings is 1. The predicted octanol–water partition coefficient (Wildman–Crippen LogP) is 1.94. The van der Waals surface area contributed by atoms with E-state index in [9.17, 15) is 9.59 Å². The van der Waals surface area contributed by atoms with Crippen molar-refractivity contribution in [3.05, 3.63) is 40.5 Å². The van der Waals surface area contributed by atoms with Gasteiger partial charge in [0.2, 0.25) is 17.0 Å². The minimum absolute atomic E-state index is 0.126. The van der Waals surface area contributed by atoms with Crippen molar-refractivity contribution in [1.82, 2.24) is 15.0 Å². The zero-order valence-corrected chi connectivity index (χ0v) is 22.0. The summed E-state index contributed by atoms with van der Waals surface area (Å²) in [5.74, 6) is 0.471. The van der Waals surface area contributed by atoms with E-state index >= 15 is 0 Å². The van der Waals surface area contributed by atoms with Gasteiger partial charge in [0.05, 0.1) is 37.1 Å². The summed E-state index contributed by atoms with van der Waals surface area (Å²) in [6, 6.07) is 1.85. The Balaban J connectivity index is 1.28. The first-order chi connectivity index (χ1) is 19.0. The maximum atomic E-state index is 12.7. The van der Waals surface area contributed by atoms with E-state index in [0.29, 0.717) is 59.3 Å². The number of nitrogens with zero attached hydrogens (tertiary/aromatic N) is 4. The number of aromatic nitrogens is 3. The van der Waals surface area contributed by atoms with Crippen LogP contribution < -0.4 is 32.4 Å². The molecule has 4 aromatic rings. The van der Waals surface area contributed by atoms with Crippen molar-refractivity contribution in [2.75, 3.05) is 41.8 Å². The summed E-state index contributed by atoms with van der Waals surface area (Å²) in [5.41, 5.74) is 10.7. The normalized spacial score (nSPS) is 19.8. The monoisotopic (exact) mass is 553 g/mol. The summed E-state index contributed by atoms with van der Waals surface area (Å²) in [6.07, 6.45) is 8.79. The number of thiazole rings is 1. The van der Waals surface area contributed by atoms with Crippen LogP contribution in [0.25, 0.3) is 21.7 Å². The average molecular weight is 554 g/mol. The third kappa shape index (κ3) is 5.17. The number of hydrogen-bond acceptors (Lipinski definition) is 12. The highest BCUT2D eigenvalue weighted by molar-refractivity contribution is 7.19. The van der Waals surface area contributed by atoms with Crippen LogP contribution in [0.4, 0.5) is 22.7 Å². The molecule has 0 bridgehead atoms. The van der Waals surface area contributed by atoms with E-state index in [1.54, 1.807) is 6.20 Å². The summed E-state index contributed by atoms with van der Waals surface area (Å²) < 4.78 is 17.1. The van der Waals surface area contributed by atoms with Crippen molar-refractivity contribution in [2.24, 2.45) is 5.73 Å². The minimum atomic E-state index is -0.653. The topological polar surface area (TPSA) is 189 Å². The van der Waals surface area contributed by atoms with Gasteiger partial charge < -0.3 is 40.6 Å². The summed E-state index contributed by atoms with van der Waals surface area (Å²) in [4.78, 5) is 40.1. The van der Waals surface area contributed by atoms with Gasteiger partial charge in [-0.1, -0.05) is 17.8 Å². The number of carbonyl (C=O) groups excluding carboxylic acids is 1. The molecule has 1 aliphatic heterocycles. The van der Waals surface area contributed by atoms with E-state index in [-0.39, 0.29) is 34.5 Å². The lowest BCUT2D eigenvalue weighted by Crippen LogP contribution is -2.68. The van der Waals surface area contributed by atoms with Gasteiger partial charge in [0, 0.05) is 25.7 Å². The van der Waals surface area contributed by atoms with Gasteiger partial charge in [0.25, 0.3) is 5.91 Å². The van der Waals surface area contributed by atoms with Crippen LogP contribution >= 0.6 is 11.3 Å². The Bertz CT molecular complexity index is 1560. The molecule has 14 heteroatoms. The van der Waals surface area contributed by atoms with Crippen LogP contribution in [0.15, 0.2) is 38.4 Å². The molecule has 0 unspecified atom stereocenters. The number of rotatable bonds is 7. The molecule has 7 N–H and O–H groups in total. The summed E-state index contributed by atoms with van der Waals surface area (Å²) in [5, 5.41) is 7.67. The van der Waals surface area contributed by atoms with E-state index in [0.717, 1.165) is 25.7 Å². The molecule has 5 heterocycles. The van der Waals surface area contributed by atoms with Crippen molar-refractivity contribution in [3.8, 4) is 10.6 Å². The first-order valence-electron chi connectivity index (χ1n) is 12.8. The van der Waals surface area contributed by atoms with E-state index in [2.05, 4.69) is 31.3 Å². The molecular weight excluding hydrogens is 524 g/mol. The molecule has 2 atom stereocenters. The molecule has 39 heavy (non-hydrogen) atoms. The summed E-state index contributed by atoms with van der Waals surface area (Å²) in [6.45, 7) is 2.37. The van der Waals surface area contributed by atoms with Crippen molar-refractivity contribution >= 4 is 51.1 Å². The lowest BCUT2D eigenvalue weighted by molar-refractivity contribution is -0.427. The molecule has 4 aromatic heterocycles. The zero-order chi connectivity index (χ0) is 26.9. The number of furan rings is 1. The van der Waals surface area contributed by atoms with Crippen molar-refractivity contribution < 1.29 is 24.1 Å². The van der Waals surface area contributed by atoms with E-state index < -0.39 is 5.91 Å². The predicted molar refractivity (Wildman–Crippen MR) is 145 cm³/mol. The number of carbonyl (C=O) groups is 1. The summed E-state index contributed by atoms with van der Waals surface area (Å²) in [7, 11) is 0. The van der Waals surface area contributed by atoms with Crippen molar-refractivity contribution in [2.45, 2.75) is 37.8 Å². The zero-order valence-electron chi connectivity index (χ0n) is 21.1. The SMILES string of the molecule is NC(=O)c1cnc(N[C@H]2CCCC[C@H]2[NH3+])nc1Nc1cnc(-c2coc3c(=O)cc(N4CCOCC4)oc23)s1. The van der Waals surface area contributed by atoms with Crippen molar-refractivity contribution in [3.63, 3.8) is 0 Å². The molecule has 0 radical (unpaired) electrons. The molecule has 2 aliphatic rings. The van der Waals surface area contributed by atoms with Gasteiger partial charge in [-0.2, -0.15) is 4.98 Å². The Morgan fingerprint density at radius 2 is 1.97 bits per heavy atom. The molecule has 0 spiro atoms. The van der Waals surface area contributed by atoms with Crippen LogP contribution in [-0.4, -0.2) is 59.2 Å². The van der Waals surface area contributed by atoms with Crippen LogP contribution in [0.2, 0.25) is 0 Å². The van der Waals surface area contributed by atoms with Crippen LogP contribution in [0.1, 0.15) is 36.0 Å². The fourth-order valence-corrected chi connectivity index (χ4v) is 5.70. The van der Waals surface area contributed by atoms with Crippen LogP contribution in [-0.2, 0) is 4.74 Å². The van der Waals surface area contributed by atoms with Gasteiger partial charge in [-0.05, 0) is 12.8 Å². The summed E-state index contributed by atoms with van der Waals surface area (Å²) >= 11 is 1.29. The maximum absolute atomic E-state index is 12.7. The van der Waals surface area contributed by atoms with Crippen LogP contribution in [0.3, 0.4) is 0 Å². The Kier molecular flexibility index (Phi) is 6.89. The number of fused-ring (bicyclic) bond motifs is 1. The second-order valence-electron chi connectivity index (χ2n) is 9.63. The third-order valence-electron chi connectivity index (χ3n) is 7.01. The average Bonchev–Trinajstić information content (AvgIpc) is 3.58. The molecule has 6 rings (SSSR count). The number of nitrogens with one attached hydrogen (secondary N) is 2. The van der Waals surface area contributed by atoms with Gasteiger partial charge in [0.1, 0.15) is 33.7 Å². The van der Waals surface area contributed by atoms with Gasteiger partial charge >= 0.3 is 0 Å². The highest BCUT2D eigenvalue weighted by Gasteiger charge is 2.26. The number of hydrogen-bond donors (Lipinski definition) is 4. The van der Waals surface area contributed by atoms with Gasteiger partial charge in [-0.3, -0.25) is 9.59 Å². The number of ether oxygens (including phenoxy) is 1. The fraction of sp³-hybridized carbons (Fsp3) is 0.400. The lowest BCUT2D eigenvalue weighted by Gasteiger charge is -2.26. The van der Waals surface area contributed by atoms with E-state index in [4.69, 9.17) is 19.3 Å². The largest absolute Gasteiger partial charge is 0.456 e. The first-order valence-corrected chi connectivity index (χ1v) is 13.7. The van der Waals surface area contributed by atoms with E-state index in [1.165, 1.54) is 29.9 Å². The Morgan fingerprint density at radius 3 is 2.77 bits per heavy atom. The van der Waals surface area contributed by atoms with E-state index in [1.807, 2.05) is 4.90 Å². The molecular formula is C25H29N8O5S+. The maximum Gasteiger partial charge on any atom is 0.254 e. The van der Waals surface area contributed by atoms with Gasteiger partial charge in [0.15, 0.2) is 11.5 Å². The van der Waals surface area contributed by atoms with Crippen LogP contribution in [0, 0.1) is 0 Å². The molecule has 1 saturated carbocycles. The second-order valence-corrected chi connectivity index (χ2v) is 10.7. The Morgan fingerprint density at radius 1 is 1.15 bits per heavy atom. The number of primary amides is 1. The third-order valence-corrected chi connectivity index (χ3v) is 7.95. The molecule has 0 aromatic carbocycles. The number of nitrogens with two attached hydrogens (primary N) is 1. The lowest BCUT2D eigenvalue weighted by atomic mass is 9.91. The first kappa shape index (κ1) is 25.3. The molecule has 13 nitrogen and oxygen atoms in total. The molecule has 1 amide bonds. The van der Waals surface area contributed by atoms with Crippen molar-refractivity contribution in [1.29, 1.82) is 0 Å². The highest BCUT2D eigenvalue weighted by atomic mass is 32.1. The second kappa shape index (κ2) is 10.6. The molecule has 2 fully saturated rings. The molecule has 204 valence electrons. The Labute approximate surface area is 226 Å². The van der Waals surface area contributed by atoms with Crippen LogP contribution in [0.5, 0.6) is 0 Å². The minimum Gasteiger partial charge on any atom is -0.456 e. The van der Waals surface area contributed by atoms with Gasteiger partial charge in [-0.15, -0.1) is 0 Å². The molecule has 1 aliphatic carbocycles. The standard InChI is InChI=1S/C25H28N8O5S/c26-15-3-1-2-4-16(15)30-25-29-10-13(22(27)35)23(32-25)31-18-11-28-24(39-18)14-12-37-21-17(34)9-19(38-20(14)21)33-5-7-36-8-6-33/h9-12,15-16H,1-8,26H2,(H2,27,35)(H2,29,30,31,32)/p+1/t15-,16+/m1/s1. The number of amides is 1. The quantitative estimate of drug-likeness (QED) is 0.262. The molecule has 1 saturated heterocycles. The number of quaternary nitrogens is 1. The smallest absolute Gasteiger partial charge is 0.254 e. The number of anilines is 4.